The van der Waals surface area contributed by atoms with Gasteiger partial charge in [-0.15, -0.1) is 0 Å². The molecule has 1 rings (SSSR count). The summed E-state index contributed by atoms with van der Waals surface area (Å²) in [6.45, 7) is 4.43. The smallest absolute Gasteiger partial charge is 0.0408 e. The molecule has 0 spiro atoms. The van der Waals surface area contributed by atoms with Gasteiger partial charge in [0.1, 0.15) is 0 Å². The summed E-state index contributed by atoms with van der Waals surface area (Å²) in [5.41, 5.74) is 1.29. The molecule has 0 aliphatic rings. The SMILES string of the molecule is CCCCC[C](C)c1cccc(Cl)c1. The molecule has 1 aromatic rings. The Bertz CT molecular complexity index is 268. The van der Waals surface area contributed by atoms with Gasteiger partial charge in [-0.25, -0.2) is 0 Å². The highest BCUT2D eigenvalue weighted by atomic mass is 35.5. The molecule has 0 heterocycles. The molecular weight excluding hydrogens is 192 g/mol. The minimum Gasteiger partial charge on any atom is -0.0843 e. The van der Waals surface area contributed by atoms with Gasteiger partial charge in [-0.3, -0.25) is 0 Å². The van der Waals surface area contributed by atoms with Crippen molar-refractivity contribution in [1.82, 2.24) is 0 Å². The Morgan fingerprint density at radius 3 is 2.71 bits per heavy atom. The Hall–Kier alpha value is -0.490. The Balaban J connectivity index is 2.47. The minimum absolute atomic E-state index is 0.831. The highest BCUT2D eigenvalue weighted by Gasteiger charge is 2.05. The van der Waals surface area contributed by atoms with E-state index in [4.69, 9.17) is 11.6 Å². The minimum atomic E-state index is 0.831. The molecule has 0 amide bonds. The van der Waals surface area contributed by atoms with Gasteiger partial charge < -0.3 is 0 Å². The molecule has 0 aromatic heterocycles. The van der Waals surface area contributed by atoms with Gasteiger partial charge in [-0.05, 0) is 24.1 Å². The van der Waals surface area contributed by atoms with Gasteiger partial charge in [-0.2, -0.15) is 0 Å². The average Bonchev–Trinajstić information content (AvgIpc) is 2.18. The van der Waals surface area contributed by atoms with Crippen molar-refractivity contribution in [3.05, 3.63) is 40.8 Å². The van der Waals surface area contributed by atoms with Crippen LogP contribution in [0.1, 0.15) is 45.1 Å². The van der Waals surface area contributed by atoms with Crippen molar-refractivity contribution in [2.24, 2.45) is 0 Å². The second-order valence-corrected chi connectivity index (χ2v) is 4.18. The number of benzene rings is 1. The molecule has 0 nitrogen and oxygen atoms in total. The Labute approximate surface area is 92.3 Å². The molecule has 0 fully saturated rings. The third kappa shape index (κ3) is 3.71. The highest BCUT2D eigenvalue weighted by molar-refractivity contribution is 6.30. The average molecular weight is 210 g/mol. The van der Waals surface area contributed by atoms with Crippen LogP contribution in [-0.2, 0) is 0 Å². The van der Waals surface area contributed by atoms with E-state index in [-0.39, 0.29) is 0 Å². The van der Waals surface area contributed by atoms with E-state index in [1.807, 2.05) is 18.2 Å². The van der Waals surface area contributed by atoms with Crippen molar-refractivity contribution in [3.8, 4) is 0 Å². The van der Waals surface area contributed by atoms with Gasteiger partial charge in [0.2, 0.25) is 0 Å². The molecule has 0 aliphatic heterocycles. The predicted octanol–water partition coefficient (Wildman–Crippen LogP) is 4.86. The van der Waals surface area contributed by atoms with Crippen molar-refractivity contribution in [1.29, 1.82) is 0 Å². The van der Waals surface area contributed by atoms with Crippen LogP contribution in [0.3, 0.4) is 0 Å². The molecule has 14 heavy (non-hydrogen) atoms. The quantitative estimate of drug-likeness (QED) is 0.608. The summed E-state index contributed by atoms with van der Waals surface area (Å²) in [4.78, 5) is 0. The topological polar surface area (TPSA) is 0 Å². The maximum atomic E-state index is 5.94. The summed E-state index contributed by atoms with van der Waals surface area (Å²) in [5.74, 6) is 1.45. The fraction of sp³-hybridized carbons (Fsp3) is 0.462. The monoisotopic (exact) mass is 209 g/mol. The Kier molecular flexibility index (Phi) is 5.03. The molecule has 0 saturated carbocycles. The predicted molar refractivity (Wildman–Crippen MR) is 63.6 cm³/mol. The first-order valence-corrected chi connectivity index (χ1v) is 5.70. The zero-order valence-corrected chi connectivity index (χ0v) is 9.77. The van der Waals surface area contributed by atoms with Gasteiger partial charge in [-0.1, -0.05) is 56.8 Å². The lowest BCUT2D eigenvalue weighted by Gasteiger charge is -2.10. The number of unbranched alkanes of at least 4 members (excludes halogenated alkanes) is 2. The van der Waals surface area contributed by atoms with Crippen molar-refractivity contribution in [2.45, 2.75) is 39.5 Å². The lowest BCUT2D eigenvalue weighted by molar-refractivity contribution is 0.686. The van der Waals surface area contributed by atoms with Gasteiger partial charge >= 0.3 is 0 Å². The molecule has 77 valence electrons. The van der Waals surface area contributed by atoms with Crippen LogP contribution in [0, 0.1) is 5.92 Å². The van der Waals surface area contributed by atoms with Crippen LogP contribution >= 0.6 is 11.6 Å². The number of hydrogen-bond donors (Lipinski definition) is 0. The van der Waals surface area contributed by atoms with Gasteiger partial charge in [0.15, 0.2) is 0 Å². The van der Waals surface area contributed by atoms with E-state index in [0.717, 1.165) is 5.02 Å². The molecule has 1 aromatic carbocycles. The lowest BCUT2D eigenvalue weighted by Crippen LogP contribution is -1.94. The van der Waals surface area contributed by atoms with Gasteiger partial charge in [0.05, 0.1) is 0 Å². The fourth-order valence-corrected chi connectivity index (χ4v) is 1.73. The second kappa shape index (κ2) is 6.08. The zero-order valence-electron chi connectivity index (χ0n) is 9.02. The summed E-state index contributed by atoms with van der Waals surface area (Å²) in [6.07, 6.45) is 5.07. The molecule has 0 atom stereocenters. The van der Waals surface area contributed by atoms with Crippen molar-refractivity contribution in [2.75, 3.05) is 0 Å². The van der Waals surface area contributed by atoms with Crippen LogP contribution in [0.2, 0.25) is 5.02 Å². The Morgan fingerprint density at radius 2 is 2.07 bits per heavy atom. The normalized spacial score (nSPS) is 10.9. The van der Waals surface area contributed by atoms with E-state index < -0.39 is 0 Å². The molecule has 0 unspecified atom stereocenters. The van der Waals surface area contributed by atoms with Crippen LogP contribution in [-0.4, -0.2) is 0 Å². The molecule has 1 heteroatoms. The Morgan fingerprint density at radius 1 is 1.29 bits per heavy atom. The molecule has 0 bridgehead atoms. The molecule has 1 radical (unpaired) electrons. The van der Waals surface area contributed by atoms with Crippen molar-refractivity contribution in [3.63, 3.8) is 0 Å². The van der Waals surface area contributed by atoms with Crippen molar-refractivity contribution >= 4 is 11.6 Å². The number of hydrogen-bond acceptors (Lipinski definition) is 0. The van der Waals surface area contributed by atoms with Crippen LogP contribution in [0.5, 0.6) is 0 Å². The van der Waals surface area contributed by atoms with Crippen LogP contribution in [0.4, 0.5) is 0 Å². The van der Waals surface area contributed by atoms with E-state index in [2.05, 4.69) is 19.9 Å². The molecule has 0 aliphatic carbocycles. The molecule has 0 N–H and O–H groups in total. The summed E-state index contributed by atoms with van der Waals surface area (Å²) in [5, 5.41) is 0.831. The van der Waals surface area contributed by atoms with E-state index in [9.17, 15) is 0 Å². The van der Waals surface area contributed by atoms with Gasteiger partial charge in [0, 0.05) is 10.9 Å². The second-order valence-electron chi connectivity index (χ2n) is 3.75. The fourth-order valence-electron chi connectivity index (χ4n) is 1.54. The van der Waals surface area contributed by atoms with E-state index in [1.54, 1.807) is 0 Å². The summed E-state index contributed by atoms with van der Waals surface area (Å²) in [6, 6.07) is 8.11. The summed E-state index contributed by atoms with van der Waals surface area (Å²) in [7, 11) is 0. The summed E-state index contributed by atoms with van der Waals surface area (Å²) < 4.78 is 0. The standard InChI is InChI=1S/C13H18Cl/c1-3-4-5-7-11(2)12-8-6-9-13(14)10-12/h6,8-10H,3-5,7H2,1-2H3. The highest BCUT2D eigenvalue weighted by Crippen LogP contribution is 2.23. The van der Waals surface area contributed by atoms with Gasteiger partial charge in [0.25, 0.3) is 0 Å². The number of halogens is 1. The van der Waals surface area contributed by atoms with E-state index in [1.165, 1.54) is 37.2 Å². The van der Waals surface area contributed by atoms with Crippen LogP contribution in [0.15, 0.2) is 24.3 Å². The first-order valence-electron chi connectivity index (χ1n) is 5.32. The van der Waals surface area contributed by atoms with E-state index >= 15 is 0 Å². The zero-order chi connectivity index (χ0) is 10.4. The first-order chi connectivity index (χ1) is 6.74. The first kappa shape index (κ1) is 11.6. The third-order valence-corrected chi connectivity index (χ3v) is 2.71. The van der Waals surface area contributed by atoms with Crippen molar-refractivity contribution < 1.29 is 0 Å². The van der Waals surface area contributed by atoms with E-state index in [0.29, 0.717) is 0 Å². The largest absolute Gasteiger partial charge is 0.0843 e. The summed E-state index contributed by atoms with van der Waals surface area (Å²) >= 11 is 5.94. The molecule has 0 saturated heterocycles. The number of rotatable bonds is 5. The third-order valence-electron chi connectivity index (χ3n) is 2.47. The van der Waals surface area contributed by atoms with Crippen LogP contribution in [0.25, 0.3) is 0 Å². The maximum Gasteiger partial charge on any atom is 0.0408 e. The maximum absolute atomic E-state index is 5.94. The van der Waals surface area contributed by atoms with Crippen LogP contribution < -0.4 is 0 Å². The lowest BCUT2D eigenvalue weighted by atomic mass is 9.95. The molecular formula is C13H18Cl.